The molecule has 1 aromatic rings. The van der Waals surface area contributed by atoms with Gasteiger partial charge in [0, 0.05) is 6.54 Å². The fraction of sp³-hybridized carbons (Fsp3) is 0.429. The van der Waals surface area contributed by atoms with Gasteiger partial charge in [-0.3, -0.25) is 4.79 Å². The van der Waals surface area contributed by atoms with Gasteiger partial charge in [0.2, 0.25) is 5.91 Å². The van der Waals surface area contributed by atoms with E-state index < -0.39 is 5.41 Å². The first-order valence-electron chi connectivity index (χ1n) is 6.30. The Bertz CT molecular complexity index is 498. The van der Waals surface area contributed by atoms with Crippen molar-refractivity contribution < 1.29 is 9.53 Å². The lowest BCUT2D eigenvalue weighted by molar-refractivity contribution is -0.123. The number of hydrogen-bond acceptors (Lipinski definition) is 3. The molecule has 102 valence electrons. The van der Waals surface area contributed by atoms with Crippen LogP contribution in [-0.4, -0.2) is 24.6 Å². The summed E-state index contributed by atoms with van der Waals surface area (Å²) < 4.78 is 5.27. The van der Waals surface area contributed by atoms with Crippen molar-refractivity contribution in [3.8, 4) is 5.75 Å². The monoisotopic (exact) mass is 278 g/mol. The first-order valence-corrected chi connectivity index (χ1v) is 6.71. The lowest BCUT2D eigenvalue weighted by Crippen LogP contribution is -2.40. The van der Waals surface area contributed by atoms with E-state index in [4.69, 9.17) is 22.7 Å². The summed E-state index contributed by atoms with van der Waals surface area (Å²) in [6, 6.07) is 7.78. The summed E-state index contributed by atoms with van der Waals surface area (Å²) in [7, 11) is 1.64. The lowest BCUT2D eigenvalue weighted by atomic mass is 10.1. The van der Waals surface area contributed by atoms with Gasteiger partial charge in [0.1, 0.15) is 5.75 Å². The van der Waals surface area contributed by atoms with Gasteiger partial charge in [-0.2, -0.15) is 0 Å². The van der Waals surface area contributed by atoms with Crippen LogP contribution in [0.3, 0.4) is 0 Å². The summed E-state index contributed by atoms with van der Waals surface area (Å²) >= 11 is 4.95. The predicted octanol–water partition coefficient (Wildman–Crippen LogP) is 1.42. The Morgan fingerprint density at radius 1 is 1.47 bits per heavy atom. The van der Waals surface area contributed by atoms with Gasteiger partial charge in [-0.1, -0.05) is 30.4 Å². The predicted molar refractivity (Wildman–Crippen MR) is 78.2 cm³/mol. The number of nitrogens with one attached hydrogen (secondary N) is 1. The van der Waals surface area contributed by atoms with Crippen LogP contribution in [0.2, 0.25) is 0 Å². The number of benzene rings is 1. The van der Waals surface area contributed by atoms with Crippen molar-refractivity contribution in [2.75, 3.05) is 13.7 Å². The topological polar surface area (TPSA) is 64.3 Å². The number of thiocarbonyl (C=S) groups is 1. The van der Waals surface area contributed by atoms with Crippen LogP contribution in [-0.2, 0) is 11.2 Å². The summed E-state index contributed by atoms with van der Waals surface area (Å²) in [6.07, 6.45) is 2.26. The van der Waals surface area contributed by atoms with Gasteiger partial charge >= 0.3 is 0 Å². The maximum atomic E-state index is 12.0. The van der Waals surface area contributed by atoms with E-state index in [1.54, 1.807) is 7.11 Å². The molecule has 1 aromatic carbocycles. The Kier molecular flexibility index (Phi) is 4.04. The summed E-state index contributed by atoms with van der Waals surface area (Å²) in [6.45, 7) is 0.559. The van der Waals surface area contributed by atoms with Crippen LogP contribution in [0.15, 0.2) is 24.3 Å². The number of methoxy groups -OCH3 is 1. The van der Waals surface area contributed by atoms with Crippen molar-refractivity contribution in [1.82, 2.24) is 5.32 Å². The maximum absolute atomic E-state index is 12.0. The number of hydrogen-bond donors (Lipinski definition) is 2. The first-order chi connectivity index (χ1) is 9.10. The Morgan fingerprint density at radius 3 is 2.74 bits per heavy atom. The zero-order valence-corrected chi connectivity index (χ0v) is 11.8. The molecule has 4 nitrogen and oxygen atoms in total. The number of carbonyl (C=O) groups is 1. The Labute approximate surface area is 118 Å². The molecule has 0 atom stereocenters. The molecule has 1 aliphatic carbocycles. The van der Waals surface area contributed by atoms with Gasteiger partial charge < -0.3 is 15.8 Å². The van der Waals surface area contributed by atoms with E-state index >= 15 is 0 Å². The molecule has 0 heterocycles. The third-order valence-corrected chi connectivity index (χ3v) is 3.92. The quantitative estimate of drug-likeness (QED) is 0.773. The van der Waals surface area contributed by atoms with Gasteiger partial charge in [-0.05, 0) is 30.9 Å². The number of rotatable bonds is 6. The van der Waals surface area contributed by atoms with Crippen LogP contribution in [0.5, 0.6) is 5.75 Å². The third kappa shape index (κ3) is 2.87. The Hall–Kier alpha value is -1.62. The van der Waals surface area contributed by atoms with Crippen molar-refractivity contribution in [3.63, 3.8) is 0 Å². The smallest absolute Gasteiger partial charge is 0.233 e. The van der Waals surface area contributed by atoms with E-state index in [1.807, 2.05) is 24.3 Å². The molecule has 0 bridgehead atoms. The molecule has 0 unspecified atom stereocenters. The summed E-state index contributed by atoms with van der Waals surface area (Å²) in [5.74, 6) is 0.794. The van der Waals surface area contributed by atoms with Gasteiger partial charge in [0.25, 0.3) is 0 Å². The second-order valence-corrected chi connectivity index (χ2v) is 5.20. The highest BCUT2D eigenvalue weighted by molar-refractivity contribution is 7.80. The Balaban J connectivity index is 1.87. The van der Waals surface area contributed by atoms with Gasteiger partial charge in [0.15, 0.2) is 0 Å². The summed E-state index contributed by atoms with van der Waals surface area (Å²) in [5.41, 5.74) is 6.11. The highest BCUT2D eigenvalue weighted by Gasteiger charge is 2.52. The van der Waals surface area contributed by atoms with Crippen LogP contribution in [0.1, 0.15) is 18.4 Å². The van der Waals surface area contributed by atoms with Crippen LogP contribution in [0.25, 0.3) is 0 Å². The second-order valence-electron chi connectivity index (χ2n) is 4.76. The molecule has 1 fully saturated rings. The van der Waals surface area contributed by atoms with E-state index in [-0.39, 0.29) is 5.91 Å². The van der Waals surface area contributed by atoms with Crippen LogP contribution in [0, 0.1) is 5.41 Å². The molecule has 0 aromatic heterocycles. The number of carbonyl (C=O) groups excluding carboxylic acids is 1. The average Bonchev–Trinajstić information content (AvgIpc) is 3.20. The fourth-order valence-electron chi connectivity index (χ4n) is 2.10. The van der Waals surface area contributed by atoms with Crippen molar-refractivity contribution in [2.24, 2.45) is 11.1 Å². The number of amides is 1. The molecular weight excluding hydrogens is 260 g/mol. The molecule has 2 rings (SSSR count). The van der Waals surface area contributed by atoms with Crippen molar-refractivity contribution >= 4 is 23.1 Å². The van der Waals surface area contributed by atoms with Crippen molar-refractivity contribution in [3.05, 3.63) is 29.8 Å². The number of ether oxygens (including phenoxy) is 1. The van der Waals surface area contributed by atoms with E-state index in [0.29, 0.717) is 11.5 Å². The minimum atomic E-state index is -0.573. The third-order valence-electron chi connectivity index (χ3n) is 3.53. The highest BCUT2D eigenvalue weighted by atomic mass is 32.1. The number of nitrogens with two attached hydrogens (primary N) is 1. The molecule has 5 heteroatoms. The minimum absolute atomic E-state index is 0.0464. The molecule has 1 saturated carbocycles. The van der Waals surface area contributed by atoms with Crippen LogP contribution >= 0.6 is 12.2 Å². The molecule has 0 radical (unpaired) electrons. The average molecular weight is 278 g/mol. The fourth-order valence-corrected chi connectivity index (χ4v) is 2.40. The number of para-hydroxylation sites is 1. The first kappa shape index (κ1) is 13.8. The van der Waals surface area contributed by atoms with Crippen LogP contribution in [0.4, 0.5) is 0 Å². The molecule has 19 heavy (non-hydrogen) atoms. The molecular formula is C14H18N2O2S. The van der Waals surface area contributed by atoms with Crippen LogP contribution < -0.4 is 15.8 Å². The van der Waals surface area contributed by atoms with E-state index in [2.05, 4.69) is 5.32 Å². The SMILES string of the molecule is COc1ccccc1CCNC(=O)C1(C(N)=S)CC1. The zero-order chi connectivity index (χ0) is 13.9. The molecule has 3 N–H and O–H groups in total. The van der Waals surface area contributed by atoms with E-state index in [0.717, 1.165) is 30.6 Å². The van der Waals surface area contributed by atoms with Crippen molar-refractivity contribution in [2.45, 2.75) is 19.3 Å². The van der Waals surface area contributed by atoms with Crippen molar-refractivity contribution in [1.29, 1.82) is 0 Å². The molecule has 0 spiro atoms. The Morgan fingerprint density at radius 2 is 2.16 bits per heavy atom. The van der Waals surface area contributed by atoms with Gasteiger partial charge in [-0.15, -0.1) is 0 Å². The zero-order valence-electron chi connectivity index (χ0n) is 10.9. The van der Waals surface area contributed by atoms with E-state index in [1.165, 1.54) is 0 Å². The molecule has 1 amide bonds. The largest absolute Gasteiger partial charge is 0.496 e. The van der Waals surface area contributed by atoms with Gasteiger partial charge in [0.05, 0.1) is 17.5 Å². The van der Waals surface area contributed by atoms with Gasteiger partial charge in [-0.25, -0.2) is 0 Å². The second kappa shape index (κ2) is 5.57. The highest BCUT2D eigenvalue weighted by Crippen LogP contribution is 2.46. The minimum Gasteiger partial charge on any atom is -0.496 e. The standard InChI is InChI=1S/C14H18N2O2S/c1-18-11-5-3-2-4-10(11)6-9-16-13(17)14(7-8-14)12(15)19/h2-5H,6-9H2,1H3,(H2,15,19)(H,16,17). The summed E-state index contributed by atoms with van der Waals surface area (Å²) in [5, 5.41) is 2.90. The lowest BCUT2D eigenvalue weighted by Gasteiger charge is -2.14. The summed E-state index contributed by atoms with van der Waals surface area (Å²) in [4.78, 5) is 12.3. The maximum Gasteiger partial charge on any atom is 0.233 e. The molecule has 0 saturated heterocycles. The van der Waals surface area contributed by atoms with E-state index in [9.17, 15) is 4.79 Å². The molecule has 0 aliphatic heterocycles. The molecule has 1 aliphatic rings. The normalized spacial score (nSPS) is 15.6.